The van der Waals surface area contributed by atoms with E-state index in [1.165, 1.54) is 6.42 Å². The Kier molecular flexibility index (Phi) is 4.43. The Morgan fingerprint density at radius 1 is 1.31 bits per heavy atom. The van der Waals surface area contributed by atoms with Crippen LogP contribution in [0.4, 0.5) is 0 Å². The highest BCUT2D eigenvalue weighted by Crippen LogP contribution is 2.21. The minimum Gasteiger partial charge on any atom is -0.303 e. The maximum Gasteiger partial charge on any atom is 0.137 e. The zero-order valence-electron chi connectivity index (χ0n) is 8.88. The van der Waals surface area contributed by atoms with Crippen LogP contribution in [0.15, 0.2) is 0 Å². The Bertz CT molecular complexity index is 163. The third kappa shape index (κ3) is 3.11. The van der Waals surface area contributed by atoms with E-state index in [4.69, 9.17) is 0 Å². The summed E-state index contributed by atoms with van der Waals surface area (Å²) in [6.45, 7) is 7.46. The SMILES string of the molecule is CCN(CC)C[C@H]1CCCCC1=O. The van der Waals surface area contributed by atoms with Crippen LogP contribution in [-0.4, -0.2) is 30.3 Å². The van der Waals surface area contributed by atoms with Gasteiger partial charge in [-0.25, -0.2) is 0 Å². The Morgan fingerprint density at radius 2 is 2.00 bits per heavy atom. The summed E-state index contributed by atoms with van der Waals surface area (Å²) in [4.78, 5) is 13.9. The van der Waals surface area contributed by atoms with E-state index in [2.05, 4.69) is 18.7 Å². The fourth-order valence-corrected chi connectivity index (χ4v) is 2.04. The molecular weight excluding hydrogens is 162 g/mol. The fraction of sp³-hybridized carbons (Fsp3) is 0.909. The molecule has 0 aromatic heterocycles. The van der Waals surface area contributed by atoms with Crippen LogP contribution in [0.2, 0.25) is 0 Å². The molecule has 1 fully saturated rings. The molecule has 0 unspecified atom stereocenters. The summed E-state index contributed by atoms with van der Waals surface area (Å²) >= 11 is 0. The lowest BCUT2D eigenvalue weighted by Crippen LogP contribution is -2.34. The van der Waals surface area contributed by atoms with E-state index in [9.17, 15) is 4.79 Å². The van der Waals surface area contributed by atoms with Crippen LogP contribution in [0, 0.1) is 5.92 Å². The standard InChI is InChI=1S/C11H21NO/c1-3-12(4-2)9-10-7-5-6-8-11(10)13/h10H,3-9H2,1-2H3/t10-/m1/s1. The van der Waals surface area contributed by atoms with Gasteiger partial charge in [-0.2, -0.15) is 0 Å². The van der Waals surface area contributed by atoms with E-state index >= 15 is 0 Å². The summed E-state index contributed by atoms with van der Waals surface area (Å²) in [6.07, 6.45) is 4.31. The summed E-state index contributed by atoms with van der Waals surface area (Å²) in [5.41, 5.74) is 0. The van der Waals surface area contributed by atoms with Crippen molar-refractivity contribution in [3.05, 3.63) is 0 Å². The first-order valence-corrected chi connectivity index (χ1v) is 5.53. The smallest absolute Gasteiger partial charge is 0.137 e. The second-order valence-electron chi connectivity index (χ2n) is 3.89. The number of carbonyl (C=O) groups excluding carboxylic acids is 1. The molecule has 0 aromatic rings. The molecule has 0 radical (unpaired) electrons. The molecule has 13 heavy (non-hydrogen) atoms. The Morgan fingerprint density at radius 3 is 2.54 bits per heavy atom. The first-order valence-electron chi connectivity index (χ1n) is 5.53. The minimum absolute atomic E-state index is 0.341. The van der Waals surface area contributed by atoms with Crippen LogP contribution < -0.4 is 0 Å². The summed E-state index contributed by atoms with van der Waals surface area (Å²) in [5.74, 6) is 0.840. The van der Waals surface area contributed by atoms with Crippen molar-refractivity contribution in [3.8, 4) is 0 Å². The van der Waals surface area contributed by atoms with Crippen molar-refractivity contribution in [2.24, 2.45) is 5.92 Å². The van der Waals surface area contributed by atoms with E-state index in [1.54, 1.807) is 0 Å². The predicted molar refractivity (Wildman–Crippen MR) is 54.8 cm³/mol. The molecule has 0 aliphatic heterocycles. The molecule has 2 heteroatoms. The molecule has 1 aliphatic carbocycles. The van der Waals surface area contributed by atoms with Crippen LogP contribution in [0.25, 0.3) is 0 Å². The van der Waals surface area contributed by atoms with Crippen molar-refractivity contribution in [2.45, 2.75) is 39.5 Å². The Labute approximate surface area is 81.3 Å². The van der Waals surface area contributed by atoms with Crippen LogP contribution >= 0.6 is 0 Å². The monoisotopic (exact) mass is 183 g/mol. The Hall–Kier alpha value is -0.370. The maximum absolute atomic E-state index is 11.5. The van der Waals surface area contributed by atoms with Gasteiger partial charge < -0.3 is 4.90 Å². The average molecular weight is 183 g/mol. The molecule has 0 saturated heterocycles. The van der Waals surface area contributed by atoms with Gasteiger partial charge in [0.1, 0.15) is 5.78 Å². The molecule has 0 amide bonds. The highest BCUT2D eigenvalue weighted by molar-refractivity contribution is 5.81. The Balaban J connectivity index is 2.36. The summed E-state index contributed by atoms with van der Waals surface area (Å²) in [6, 6.07) is 0. The topological polar surface area (TPSA) is 20.3 Å². The van der Waals surface area contributed by atoms with Gasteiger partial charge >= 0.3 is 0 Å². The predicted octanol–water partition coefficient (Wildman–Crippen LogP) is 2.09. The molecule has 2 nitrogen and oxygen atoms in total. The number of hydrogen-bond acceptors (Lipinski definition) is 2. The average Bonchev–Trinajstić information content (AvgIpc) is 2.17. The van der Waals surface area contributed by atoms with Crippen molar-refractivity contribution in [1.29, 1.82) is 0 Å². The van der Waals surface area contributed by atoms with Crippen molar-refractivity contribution in [1.82, 2.24) is 4.90 Å². The van der Waals surface area contributed by atoms with Crippen LogP contribution in [-0.2, 0) is 4.79 Å². The van der Waals surface area contributed by atoms with Crippen LogP contribution in [0.1, 0.15) is 39.5 Å². The molecule has 0 bridgehead atoms. The van der Waals surface area contributed by atoms with Gasteiger partial charge in [0.25, 0.3) is 0 Å². The second-order valence-corrected chi connectivity index (χ2v) is 3.89. The molecular formula is C11H21NO. The lowest BCUT2D eigenvalue weighted by molar-refractivity contribution is -0.125. The molecule has 0 N–H and O–H groups in total. The van der Waals surface area contributed by atoms with Crippen molar-refractivity contribution in [3.63, 3.8) is 0 Å². The zero-order valence-corrected chi connectivity index (χ0v) is 8.88. The van der Waals surface area contributed by atoms with Crippen LogP contribution in [0.3, 0.4) is 0 Å². The second kappa shape index (κ2) is 5.38. The van der Waals surface area contributed by atoms with Gasteiger partial charge in [0.05, 0.1) is 0 Å². The highest BCUT2D eigenvalue weighted by atomic mass is 16.1. The van der Waals surface area contributed by atoms with Gasteiger partial charge in [0.2, 0.25) is 0 Å². The zero-order chi connectivity index (χ0) is 9.68. The number of hydrogen-bond donors (Lipinski definition) is 0. The van der Waals surface area contributed by atoms with E-state index in [-0.39, 0.29) is 0 Å². The first-order chi connectivity index (χ1) is 6.27. The largest absolute Gasteiger partial charge is 0.303 e. The molecule has 1 atom stereocenters. The summed E-state index contributed by atoms with van der Waals surface area (Å²) in [5, 5.41) is 0. The lowest BCUT2D eigenvalue weighted by Gasteiger charge is -2.26. The van der Waals surface area contributed by atoms with Gasteiger partial charge in [-0.15, -0.1) is 0 Å². The van der Waals surface area contributed by atoms with E-state index < -0.39 is 0 Å². The summed E-state index contributed by atoms with van der Waals surface area (Å²) in [7, 11) is 0. The first kappa shape index (κ1) is 10.7. The van der Waals surface area contributed by atoms with E-state index in [0.29, 0.717) is 11.7 Å². The van der Waals surface area contributed by atoms with Crippen molar-refractivity contribution >= 4 is 5.78 Å². The van der Waals surface area contributed by atoms with Crippen molar-refractivity contribution < 1.29 is 4.79 Å². The molecule has 1 rings (SSSR count). The van der Waals surface area contributed by atoms with Gasteiger partial charge in [0, 0.05) is 18.9 Å². The minimum atomic E-state index is 0.341. The van der Waals surface area contributed by atoms with Gasteiger partial charge in [-0.1, -0.05) is 20.3 Å². The highest BCUT2D eigenvalue weighted by Gasteiger charge is 2.23. The van der Waals surface area contributed by atoms with E-state index in [1.807, 2.05) is 0 Å². The number of Topliss-reactive ketones (excluding diaryl/α,β-unsaturated/α-hetero) is 1. The third-order valence-corrected chi connectivity index (χ3v) is 3.05. The number of carbonyl (C=O) groups is 1. The van der Waals surface area contributed by atoms with Gasteiger partial charge in [-0.3, -0.25) is 4.79 Å². The molecule has 0 heterocycles. The molecule has 0 spiro atoms. The van der Waals surface area contributed by atoms with Gasteiger partial charge in [0.15, 0.2) is 0 Å². The number of ketones is 1. The van der Waals surface area contributed by atoms with Crippen molar-refractivity contribution in [2.75, 3.05) is 19.6 Å². The molecule has 1 saturated carbocycles. The summed E-state index contributed by atoms with van der Waals surface area (Å²) < 4.78 is 0. The maximum atomic E-state index is 11.5. The third-order valence-electron chi connectivity index (χ3n) is 3.05. The normalized spacial score (nSPS) is 23.9. The molecule has 76 valence electrons. The van der Waals surface area contributed by atoms with E-state index in [0.717, 1.165) is 38.9 Å². The van der Waals surface area contributed by atoms with Crippen LogP contribution in [0.5, 0.6) is 0 Å². The quantitative estimate of drug-likeness (QED) is 0.665. The molecule has 1 aliphatic rings. The number of nitrogens with zero attached hydrogens (tertiary/aromatic N) is 1. The fourth-order valence-electron chi connectivity index (χ4n) is 2.04. The van der Waals surface area contributed by atoms with Gasteiger partial charge in [-0.05, 0) is 25.9 Å². The molecule has 0 aromatic carbocycles. The lowest BCUT2D eigenvalue weighted by atomic mass is 9.87. The number of rotatable bonds is 4.